The maximum absolute atomic E-state index is 11.9. The highest BCUT2D eigenvalue weighted by Crippen LogP contribution is 2.22. The van der Waals surface area contributed by atoms with Crippen molar-refractivity contribution in [3.8, 4) is 22.8 Å². The van der Waals surface area contributed by atoms with Crippen molar-refractivity contribution in [1.29, 1.82) is 0 Å². The number of aromatic nitrogens is 3. The van der Waals surface area contributed by atoms with E-state index in [1.807, 2.05) is 25.4 Å². The summed E-state index contributed by atoms with van der Waals surface area (Å²) in [4.78, 5) is 15.6. The van der Waals surface area contributed by atoms with E-state index in [2.05, 4.69) is 21.5 Å². The first-order valence-electron chi connectivity index (χ1n) is 7.68. The molecule has 0 saturated heterocycles. The molecule has 0 unspecified atom stereocenters. The zero-order valence-corrected chi connectivity index (χ0v) is 13.6. The Bertz CT molecular complexity index is 876. The van der Waals surface area contributed by atoms with E-state index in [1.54, 1.807) is 16.9 Å². The van der Waals surface area contributed by atoms with E-state index in [1.165, 1.54) is 18.3 Å². The van der Waals surface area contributed by atoms with Crippen molar-refractivity contribution in [3.05, 3.63) is 60.6 Å². The first-order valence-corrected chi connectivity index (χ1v) is 7.68. The van der Waals surface area contributed by atoms with Gasteiger partial charge in [0.2, 0.25) is 5.88 Å². The summed E-state index contributed by atoms with van der Waals surface area (Å²) in [5, 5.41) is 16.1. The molecule has 0 atom stereocenters. The molecular weight excluding hydrogens is 320 g/mol. The average molecular weight is 337 g/mol. The highest BCUT2D eigenvalue weighted by molar-refractivity contribution is 5.94. The van der Waals surface area contributed by atoms with E-state index in [0.29, 0.717) is 24.5 Å². The summed E-state index contributed by atoms with van der Waals surface area (Å²) in [6.07, 6.45) is 5.06. The number of aromatic hydroxyl groups is 1. The van der Waals surface area contributed by atoms with E-state index < -0.39 is 0 Å². The fourth-order valence-corrected chi connectivity index (χ4v) is 2.27. The Morgan fingerprint density at radius 2 is 2.24 bits per heavy atom. The second kappa shape index (κ2) is 7.48. The van der Waals surface area contributed by atoms with E-state index >= 15 is 0 Å². The Labute approximate surface area is 144 Å². The van der Waals surface area contributed by atoms with Crippen LogP contribution in [0.4, 0.5) is 0 Å². The number of amides is 1. The summed E-state index contributed by atoms with van der Waals surface area (Å²) in [7, 11) is 1.86. The normalized spacial score (nSPS) is 10.4. The van der Waals surface area contributed by atoms with Gasteiger partial charge in [0, 0.05) is 36.6 Å². The molecule has 2 aromatic heterocycles. The zero-order valence-electron chi connectivity index (χ0n) is 13.6. The SMILES string of the molecule is Cn1cc(-c2c[c]cc(OCCNC(=O)c3ccnc(O)c3)c2)cn1. The fourth-order valence-electron chi connectivity index (χ4n) is 2.27. The van der Waals surface area contributed by atoms with Gasteiger partial charge in [0.25, 0.3) is 5.91 Å². The first-order chi connectivity index (χ1) is 12.1. The van der Waals surface area contributed by atoms with Gasteiger partial charge in [-0.25, -0.2) is 4.98 Å². The van der Waals surface area contributed by atoms with Crippen molar-refractivity contribution >= 4 is 5.91 Å². The summed E-state index contributed by atoms with van der Waals surface area (Å²) < 4.78 is 7.38. The lowest BCUT2D eigenvalue weighted by Crippen LogP contribution is -2.28. The number of rotatable bonds is 6. The molecule has 1 amide bonds. The number of ether oxygens (including phenoxy) is 1. The van der Waals surface area contributed by atoms with Crippen molar-refractivity contribution in [2.24, 2.45) is 7.05 Å². The molecule has 1 aromatic carbocycles. The molecule has 0 spiro atoms. The van der Waals surface area contributed by atoms with Crippen LogP contribution in [-0.4, -0.2) is 38.9 Å². The van der Waals surface area contributed by atoms with Gasteiger partial charge in [-0.15, -0.1) is 0 Å². The molecule has 0 aliphatic rings. The largest absolute Gasteiger partial charge is 0.493 e. The lowest BCUT2D eigenvalue weighted by Gasteiger charge is -2.09. The third kappa shape index (κ3) is 4.35. The van der Waals surface area contributed by atoms with Crippen LogP contribution in [0.1, 0.15) is 10.4 Å². The van der Waals surface area contributed by atoms with Gasteiger partial charge in [0.15, 0.2) is 0 Å². The van der Waals surface area contributed by atoms with Gasteiger partial charge in [-0.3, -0.25) is 9.48 Å². The van der Waals surface area contributed by atoms with E-state index in [9.17, 15) is 9.90 Å². The summed E-state index contributed by atoms with van der Waals surface area (Å²) >= 11 is 0. The standard InChI is InChI=1S/C18H17N4O3/c1-22-12-15(11-21-22)13-3-2-4-16(9-13)25-8-7-20-18(24)14-5-6-19-17(23)10-14/h3-6,9-12H,7-8H2,1H3,(H,19,23)(H,20,24). The van der Waals surface area contributed by atoms with E-state index in [-0.39, 0.29) is 11.8 Å². The van der Waals surface area contributed by atoms with Crippen LogP contribution in [0.5, 0.6) is 11.6 Å². The Kier molecular flexibility index (Phi) is 4.94. The van der Waals surface area contributed by atoms with Crippen LogP contribution in [0.3, 0.4) is 0 Å². The first kappa shape index (κ1) is 16.5. The Morgan fingerprint density at radius 3 is 3.00 bits per heavy atom. The van der Waals surface area contributed by atoms with Gasteiger partial charge in [-0.05, 0) is 35.9 Å². The highest BCUT2D eigenvalue weighted by atomic mass is 16.5. The molecule has 7 heteroatoms. The van der Waals surface area contributed by atoms with Gasteiger partial charge in [-0.1, -0.05) is 0 Å². The quantitative estimate of drug-likeness (QED) is 0.670. The number of hydrogen-bond donors (Lipinski definition) is 2. The predicted octanol–water partition coefficient (Wildman–Crippen LogP) is 1.80. The van der Waals surface area contributed by atoms with Crippen molar-refractivity contribution in [2.75, 3.05) is 13.2 Å². The van der Waals surface area contributed by atoms with Gasteiger partial charge in [0.1, 0.15) is 12.4 Å². The lowest BCUT2D eigenvalue weighted by molar-refractivity contribution is 0.0946. The van der Waals surface area contributed by atoms with Crippen LogP contribution in [0, 0.1) is 6.07 Å². The van der Waals surface area contributed by atoms with Crippen LogP contribution >= 0.6 is 0 Å². The van der Waals surface area contributed by atoms with Crippen LogP contribution in [-0.2, 0) is 7.05 Å². The minimum atomic E-state index is -0.294. The Morgan fingerprint density at radius 1 is 1.36 bits per heavy atom. The van der Waals surface area contributed by atoms with Crippen molar-refractivity contribution in [1.82, 2.24) is 20.1 Å². The molecule has 0 saturated carbocycles. The minimum absolute atomic E-state index is 0.188. The maximum Gasteiger partial charge on any atom is 0.251 e. The zero-order chi connectivity index (χ0) is 17.6. The van der Waals surface area contributed by atoms with Crippen molar-refractivity contribution in [2.45, 2.75) is 0 Å². The molecule has 3 rings (SSSR count). The van der Waals surface area contributed by atoms with Gasteiger partial charge >= 0.3 is 0 Å². The number of aryl methyl sites for hydroxylation is 1. The maximum atomic E-state index is 11.9. The second-order valence-corrected chi connectivity index (χ2v) is 5.37. The average Bonchev–Trinajstić information content (AvgIpc) is 3.05. The molecule has 2 N–H and O–H groups in total. The Balaban J connectivity index is 1.51. The predicted molar refractivity (Wildman–Crippen MR) is 91.2 cm³/mol. The molecule has 7 nitrogen and oxygen atoms in total. The van der Waals surface area contributed by atoms with Crippen molar-refractivity contribution in [3.63, 3.8) is 0 Å². The van der Waals surface area contributed by atoms with Crippen LogP contribution < -0.4 is 10.1 Å². The number of nitrogens with zero attached hydrogens (tertiary/aromatic N) is 3. The molecule has 0 bridgehead atoms. The summed E-state index contributed by atoms with van der Waals surface area (Å²) in [6.45, 7) is 0.645. The smallest absolute Gasteiger partial charge is 0.251 e. The number of nitrogens with one attached hydrogen (secondary N) is 1. The third-order valence-corrected chi connectivity index (χ3v) is 3.46. The lowest BCUT2D eigenvalue weighted by atomic mass is 10.1. The molecule has 3 aromatic rings. The third-order valence-electron chi connectivity index (χ3n) is 3.46. The molecule has 2 heterocycles. The highest BCUT2D eigenvalue weighted by Gasteiger charge is 2.06. The summed E-state index contributed by atoms with van der Waals surface area (Å²) in [5.41, 5.74) is 2.29. The fraction of sp³-hybridized carbons (Fsp3) is 0.167. The van der Waals surface area contributed by atoms with Crippen molar-refractivity contribution < 1.29 is 14.6 Å². The summed E-state index contributed by atoms with van der Waals surface area (Å²) in [6, 6.07) is 11.4. The monoisotopic (exact) mass is 337 g/mol. The van der Waals surface area contributed by atoms with Crippen LogP contribution in [0.2, 0.25) is 0 Å². The molecule has 0 aliphatic heterocycles. The molecule has 0 aliphatic carbocycles. The number of hydrogen-bond acceptors (Lipinski definition) is 5. The van der Waals surface area contributed by atoms with E-state index in [4.69, 9.17) is 4.74 Å². The second-order valence-electron chi connectivity index (χ2n) is 5.37. The molecule has 25 heavy (non-hydrogen) atoms. The van der Waals surface area contributed by atoms with Crippen LogP contribution in [0.15, 0.2) is 48.9 Å². The molecule has 1 radical (unpaired) electrons. The molecular formula is C18H17N4O3. The van der Waals surface area contributed by atoms with Gasteiger partial charge < -0.3 is 15.2 Å². The van der Waals surface area contributed by atoms with E-state index in [0.717, 1.165) is 11.1 Å². The topological polar surface area (TPSA) is 89.3 Å². The molecule has 0 fully saturated rings. The molecule has 127 valence electrons. The number of pyridine rings is 1. The number of carbonyl (C=O) groups excluding carboxylic acids is 1. The Hall–Kier alpha value is -3.35. The minimum Gasteiger partial charge on any atom is -0.493 e. The van der Waals surface area contributed by atoms with Gasteiger partial charge in [-0.2, -0.15) is 5.10 Å². The summed E-state index contributed by atoms with van der Waals surface area (Å²) in [5.74, 6) is 0.181. The number of benzene rings is 1. The number of carbonyl (C=O) groups is 1. The van der Waals surface area contributed by atoms with Gasteiger partial charge in [0.05, 0.1) is 12.7 Å². The van der Waals surface area contributed by atoms with Crippen LogP contribution in [0.25, 0.3) is 11.1 Å².